The van der Waals surface area contributed by atoms with Crippen LogP contribution in [0.25, 0.3) is 64.3 Å². The number of allylic oxidation sites excluding steroid dienone is 2. The molecule has 4 heterocycles. The maximum Gasteiger partial charge on any atom is 0.197 e. The van der Waals surface area contributed by atoms with Crippen molar-refractivity contribution in [1.29, 1.82) is 0 Å². The number of benzene rings is 4. The first-order valence-electron chi connectivity index (χ1n) is 15.9. The highest BCUT2D eigenvalue weighted by Crippen LogP contribution is 2.45. The molecule has 8 aromatic rings. The molecule has 0 spiro atoms. The van der Waals surface area contributed by atoms with Crippen LogP contribution in [0.15, 0.2) is 71.8 Å². The number of carbonyl (C=O) groups is 4. The van der Waals surface area contributed by atoms with Crippen LogP contribution in [0.5, 0.6) is 0 Å². The Morgan fingerprint density at radius 2 is 0.942 bits per heavy atom. The Kier molecular flexibility index (Phi) is 6.10. The first-order valence-corrected chi connectivity index (χ1v) is 17.5. The first kappa shape index (κ1) is 30.8. The summed E-state index contributed by atoms with van der Waals surface area (Å²) in [4.78, 5) is 54.3. The highest BCUT2D eigenvalue weighted by Gasteiger charge is 2.35. The summed E-state index contributed by atoms with van der Waals surface area (Å²) in [5.41, 5.74) is 3.86. The Balaban J connectivity index is 1.02. The van der Waals surface area contributed by atoms with E-state index < -0.39 is 46.4 Å². The number of rotatable bonds is 2. The van der Waals surface area contributed by atoms with Gasteiger partial charge in [0.15, 0.2) is 46.4 Å². The molecule has 2 aliphatic carbocycles. The second kappa shape index (κ2) is 10.3. The van der Waals surface area contributed by atoms with Crippen LogP contribution in [0.3, 0.4) is 0 Å². The predicted octanol–water partition coefficient (Wildman–Crippen LogP) is 9.73. The van der Waals surface area contributed by atoms with Crippen LogP contribution >= 0.6 is 22.7 Å². The molecule has 0 saturated heterocycles. The summed E-state index contributed by atoms with van der Waals surface area (Å²) < 4.78 is 62.3. The zero-order chi connectivity index (χ0) is 36.1. The molecular formula is C40H18F4N2O4S2. The van der Waals surface area contributed by atoms with Gasteiger partial charge < -0.3 is 9.13 Å². The second-order valence-electron chi connectivity index (χ2n) is 13.0. The van der Waals surface area contributed by atoms with Crippen LogP contribution < -0.4 is 0 Å². The van der Waals surface area contributed by atoms with E-state index in [1.807, 2.05) is 35.4 Å². The molecule has 0 amide bonds. The molecule has 0 N–H and O–H groups in total. The molecule has 0 atom stereocenters. The smallest absolute Gasteiger partial charge is 0.197 e. The summed E-state index contributed by atoms with van der Waals surface area (Å²) >= 11 is 2.96. The molecule has 252 valence electrons. The average Bonchev–Trinajstić information content (AvgIpc) is 3.91. The number of aromatic nitrogens is 2. The summed E-state index contributed by atoms with van der Waals surface area (Å²) in [6, 6.07) is 13.5. The van der Waals surface area contributed by atoms with Crippen molar-refractivity contribution in [2.24, 2.45) is 14.1 Å². The van der Waals surface area contributed by atoms with Gasteiger partial charge in [-0.25, -0.2) is 17.6 Å². The molecule has 0 bridgehead atoms. The number of hydrogen-bond acceptors (Lipinski definition) is 6. The third kappa shape index (κ3) is 4.04. The number of aryl methyl sites for hydroxylation is 2. The van der Waals surface area contributed by atoms with E-state index in [0.717, 1.165) is 54.9 Å². The SMILES string of the molecule is Cn1c(C=C2C(=O)c3cc4cc(F)c(F)cc4cc3C2=O)cc2sc3c4sc(C=C5C(=O)c6cc7cc(F)c(F)cc7cc6C5=O)cc4n(C)c3c21. The van der Waals surface area contributed by atoms with Gasteiger partial charge in [0.05, 0.1) is 41.8 Å². The van der Waals surface area contributed by atoms with Crippen molar-refractivity contribution in [3.05, 3.63) is 128 Å². The monoisotopic (exact) mass is 730 g/mol. The third-order valence-electron chi connectivity index (χ3n) is 10.1. The van der Waals surface area contributed by atoms with Crippen LogP contribution in [0, 0.1) is 23.3 Å². The molecule has 12 heteroatoms. The Morgan fingerprint density at radius 1 is 0.500 bits per heavy atom. The van der Waals surface area contributed by atoms with E-state index in [1.165, 1.54) is 46.9 Å². The van der Waals surface area contributed by atoms with E-state index >= 15 is 0 Å². The fraction of sp³-hybridized carbons (Fsp3) is 0.0500. The van der Waals surface area contributed by atoms with Gasteiger partial charge in [-0.1, -0.05) is 0 Å². The molecule has 0 aliphatic heterocycles. The summed E-state index contributed by atoms with van der Waals surface area (Å²) in [5, 5.41) is 1.29. The Morgan fingerprint density at radius 3 is 1.40 bits per heavy atom. The minimum Gasteiger partial charge on any atom is -0.342 e. The third-order valence-corrected chi connectivity index (χ3v) is 12.4. The first-order chi connectivity index (χ1) is 24.9. The lowest BCUT2D eigenvalue weighted by molar-refractivity contribution is 0.0975. The zero-order valence-corrected chi connectivity index (χ0v) is 28.4. The minimum atomic E-state index is -1.04. The summed E-state index contributed by atoms with van der Waals surface area (Å²) in [6.07, 6.45) is 3.11. The van der Waals surface area contributed by atoms with E-state index in [0.29, 0.717) is 32.1 Å². The second-order valence-corrected chi connectivity index (χ2v) is 15.1. The van der Waals surface area contributed by atoms with Gasteiger partial charge in [0.1, 0.15) is 0 Å². The molecule has 0 saturated carbocycles. The van der Waals surface area contributed by atoms with Gasteiger partial charge in [0.25, 0.3) is 0 Å². The van der Waals surface area contributed by atoms with Gasteiger partial charge in [-0.2, -0.15) is 0 Å². The largest absolute Gasteiger partial charge is 0.342 e. The van der Waals surface area contributed by atoms with Crippen molar-refractivity contribution >= 4 is 110 Å². The topological polar surface area (TPSA) is 78.1 Å². The summed E-state index contributed by atoms with van der Waals surface area (Å²) in [5.74, 6) is -6.08. The lowest BCUT2D eigenvalue weighted by Crippen LogP contribution is -2.02. The van der Waals surface area contributed by atoms with E-state index in [-0.39, 0.29) is 33.4 Å². The van der Waals surface area contributed by atoms with Crippen molar-refractivity contribution in [2.75, 3.05) is 0 Å². The molecule has 52 heavy (non-hydrogen) atoms. The van der Waals surface area contributed by atoms with Crippen molar-refractivity contribution in [3.8, 4) is 0 Å². The zero-order valence-electron chi connectivity index (χ0n) is 26.8. The highest BCUT2D eigenvalue weighted by atomic mass is 32.1. The Bertz CT molecular complexity index is 3050. The van der Waals surface area contributed by atoms with E-state index in [1.54, 1.807) is 12.2 Å². The maximum absolute atomic E-state index is 13.9. The molecule has 10 rings (SSSR count). The van der Waals surface area contributed by atoms with Crippen LogP contribution in [0.1, 0.15) is 52.0 Å². The van der Waals surface area contributed by atoms with Crippen molar-refractivity contribution in [3.63, 3.8) is 0 Å². The van der Waals surface area contributed by atoms with Gasteiger partial charge in [-0.15, -0.1) is 22.7 Å². The standard InChI is InChI=1S/C40H18F4N2O4S2/c1-45-19(11-25-35(47)21-3-15-7-27(41)28(42)8-16(15)4-22(21)36(25)48)12-32-33(45)34-40(52-32)39-31(46(34)2)14-20(51-39)13-26-37(49)23-5-17-9-29(43)30(44)10-18(17)6-24(23)38(26)50/h3-14H,1-2H3. The minimum absolute atomic E-state index is 0.0198. The number of fused-ring (bicyclic) bond motifs is 9. The predicted molar refractivity (Wildman–Crippen MR) is 194 cm³/mol. The molecule has 4 aromatic heterocycles. The van der Waals surface area contributed by atoms with Crippen molar-refractivity contribution in [2.45, 2.75) is 0 Å². The highest BCUT2D eigenvalue weighted by molar-refractivity contribution is 7.31. The molecule has 6 nitrogen and oxygen atoms in total. The van der Waals surface area contributed by atoms with Gasteiger partial charge >= 0.3 is 0 Å². The molecular weight excluding hydrogens is 713 g/mol. The number of thiophene rings is 2. The Hall–Kier alpha value is -5.98. The number of Topliss-reactive ketones (excluding diaryl/α,β-unsaturated/α-hetero) is 4. The molecule has 0 radical (unpaired) electrons. The van der Waals surface area contributed by atoms with E-state index in [2.05, 4.69) is 0 Å². The van der Waals surface area contributed by atoms with Crippen LogP contribution in [0.2, 0.25) is 0 Å². The fourth-order valence-electron chi connectivity index (χ4n) is 7.50. The van der Waals surface area contributed by atoms with Gasteiger partial charge in [-0.3, -0.25) is 19.2 Å². The average molecular weight is 731 g/mol. The lowest BCUT2D eigenvalue weighted by Gasteiger charge is -2.02. The summed E-state index contributed by atoms with van der Waals surface area (Å²) in [7, 11) is 3.75. The van der Waals surface area contributed by atoms with Crippen LogP contribution in [-0.2, 0) is 14.1 Å². The van der Waals surface area contributed by atoms with Crippen molar-refractivity contribution in [1.82, 2.24) is 9.13 Å². The molecule has 2 aliphatic rings. The summed E-state index contributed by atoms with van der Waals surface area (Å²) in [6.45, 7) is 0. The molecule has 0 fully saturated rings. The maximum atomic E-state index is 13.9. The lowest BCUT2D eigenvalue weighted by atomic mass is 10.0. The van der Waals surface area contributed by atoms with Crippen LogP contribution in [0.4, 0.5) is 17.6 Å². The van der Waals surface area contributed by atoms with E-state index in [9.17, 15) is 36.7 Å². The molecule has 0 unspecified atom stereocenters. The number of halogens is 4. The van der Waals surface area contributed by atoms with E-state index in [4.69, 9.17) is 0 Å². The number of carbonyl (C=O) groups excluding carboxylic acids is 4. The fourth-order valence-corrected chi connectivity index (χ4v) is 10.1. The van der Waals surface area contributed by atoms with Gasteiger partial charge in [-0.05, 0) is 94.4 Å². The quantitative estimate of drug-likeness (QED) is 0.101. The van der Waals surface area contributed by atoms with Crippen LogP contribution in [-0.4, -0.2) is 32.3 Å². The molecule has 4 aromatic carbocycles. The number of ketones is 4. The number of hydrogen-bond donors (Lipinski definition) is 0. The number of nitrogens with zero attached hydrogens (tertiary/aromatic N) is 2. The van der Waals surface area contributed by atoms with Gasteiger partial charge in [0, 0.05) is 46.9 Å². The Labute approximate surface area is 297 Å². The normalized spacial score (nSPS) is 14.4. The van der Waals surface area contributed by atoms with Gasteiger partial charge in [0.2, 0.25) is 0 Å². The van der Waals surface area contributed by atoms with Crippen molar-refractivity contribution < 1.29 is 36.7 Å².